The molecule has 2 rings (SSSR count). The summed E-state index contributed by atoms with van der Waals surface area (Å²) in [6, 6.07) is 8.04. The van der Waals surface area contributed by atoms with Crippen LogP contribution >= 0.6 is 15.9 Å². The van der Waals surface area contributed by atoms with Crippen molar-refractivity contribution in [2.24, 2.45) is 0 Å². The van der Waals surface area contributed by atoms with E-state index in [0.29, 0.717) is 12.2 Å². The van der Waals surface area contributed by atoms with Gasteiger partial charge in [-0.25, -0.2) is 0 Å². The number of likely N-dealkylation sites (N-methyl/N-ethyl adjacent to an activating group) is 2. The number of carbonyl (C=O) groups excluding carboxylic acids is 1. The molecular weight excluding hydrogens is 304 g/mol. The van der Waals surface area contributed by atoms with Crippen LogP contribution in [0.25, 0.3) is 0 Å². The number of nitrogens with zero attached hydrogens (tertiary/aromatic N) is 2. The number of carbonyl (C=O) groups is 1. The zero-order valence-corrected chi connectivity index (χ0v) is 13.2. The molecule has 0 aromatic heterocycles. The molecule has 19 heavy (non-hydrogen) atoms. The lowest BCUT2D eigenvalue weighted by atomic mass is 10.0. The largest absolute Gasteiger partial charge is 0.304 e. The van der Waals surface area contributed by atoms with Crippen molar-refractivity contribution in [3.05, 3.63) is 34.3 Å². The molecule has 104 valence electrons. The first-order chi connectivity index (χ1) is 9.06. The van der Waals surface area contributed by atoms with Gasteiger partial charge < -0.3 is 4.90 Å². The Bertz CT molecular complexity index is 432. The van der Waals surface area contributed by atoms with Crippen LogP contribution in [0.1, 0.15) is 12.0 Å². The molecule has 0 radical (unpaired) electrons. The summed E-state index contributed by atoms with van der Waals surface area (Å²) >= 11 is 3.42. The SMILES string of the molecule is CN1CCCN(C)C(C(=O)Cc2ccc(Br)cc2)C1. The van der Waals surface area contributed by atoms with Gasteiger partial charge in [-0.05, 0) is 51.3 Å². The third-order valence-electron chi connectivity index (χ3n) is 3.73. The smallest absolute Gasteiger partial charge is 0.155 e. The maximum Gasteiger partial charge on any atom is 0.155 e. The van der Waals surface area contributed by atoms with Crippen molar-refractivity contribution in [1.82, 2.24) is 9.80 Å². The zero-order valence-electron chi connectivity index (χ0n) is 11.6. The van der Waals surface area contributed by atoms with Crippen LogP contribution in [0.5, 0.6) is 0 Å². The topological polar surface area (TPSA) is 23.6 Å². The molecular formula is C15H21BrN2O. The van der Waals surface area contributed by atoms with E-state index >= 15 is 0 Å². The molecule has 1 aliphatic rings. The van der Waals surface area contributed by atoms with Gasteiger partial charge in [0.15, 0.2) is 5.78 Å². The van der Waals surface area contributed by atoms with Gasteiger partial charge >= 0.3 is 0 Å². The fourth-order valence-corrected chi connectivity index (χ4v) is 2.80. The lowest BCUT2D eigenvalue weighted by molar-refractivity contribution is -0.123. The molecule has 0 aliphatic carbocycles. The summed E-state index contributed by atoms with van der Waals surface area (Å²) < 4.78 is 1.05. The summed E-state index contributed by atoms with van der Waals surface area (Å²) in [5.74, 6) is 0.318. The zero-order chi connectivity index (χ0) is 13.8. The van der Waals surface area contributed by atoms with E-state index in [1.165, 1.54) is 0 Å². The minimum Gasteiger partial charge on any atom is -0.304 e. The van der Waals surface area contributed by atoms with Crippen molar-refractivity contribution in [1.29, 1.82) is 0 Å². The molecule has 0 amide bonds. The highest BCUT2D eigenvalue weighted by atomic mass is 79.9. The van der Waals surface area contributed by atoms with Crippen LogP contribution in [-0.2, 0) is 11.2 Å². The maximum atomic E-state index is 12.5. The molecule has 1 fully saturated rings. The monoisotopic (exact) mass is 324 g/mol. The second-order valence-electron chi connectivity index (χ2n) is 5.38. The second-order valence-corrected chi connectivity index (χ2v) is 6.30. The van der Waals surface area contributed by atoms with E-state index in [-0.39, 0.29) is 6.04 Å². The van der Waals surface area contributed by atoms with E-state index in [0.717, 1.165) is 36.1 Å². The lowest BCUT2D eigenvalue weighted by Gasteiger charge is -2.26. The number of hydrogen-bond acceptors (Lipinski definition) is 3. The number of ketones is 1. The molecule has 0 saturated carbocycles. The molecule has 1 heterocycles. The molecule has 1 unspecified atom stereocenters. The third kappa shape index (κ3) is 4.13. The highest BCUT2D eigenvalue weighted by Gasteiger charge is 2.26. The number of hydrogen-bond donors (Lipinski definition) is 0. The lowest BCUT2D eigenvalue weighted by Crippen LogP contribution is -2.44. The Hall–Kier alpha value is -0.710. The molecule has 0 bridgehead atoms. The van der Waals surface area contributed by atoms with Crippen molar-refractivity contribution in [3.8, 4) is 0 Å². The van der Waals surface area contributed by atoms with Crippen molar-refractivity contribution in [2.45, 2.75) is 18.9 Å². The molecule has 0 N–H and O–H groups in total. The Morgan fingerprint density at radius 2 is 1.95 bits per heavy atom. The summed E-state index contributed by atoms with van der Waals surface area (Å²) in [5, 5.41) is 0. The molecule has 4 heteroatoms. The van der Waals surface area contributed by atoms with Crippen LogP contribution in [0.2, 0.25) is 0 Å². The standard InChI is InChI=1S/C15H21BrN2O/c1-17-8-3-9-18(2)14(11-17)15(19)10-12-4-6-13(16)7-5-12/h4-7,14H,3,8-11H2,1-2H3. The average Bonchev–Trinajstić information content (AvgIpc) is 2.54. The number of halogens is 1. The fourth-order valence-electron chi connectivity index (χ4n) is 2.54. The van der Waals surface area contributed by atoms with Crippen molar-refractivity contribution in [2.75, 3.05) is 33.7 Å². The Morgan fingerprint density at radius 3 is 2.63 bits per heavy atom. The van der Waals surface area contributed by atoms with E-state index in [2.05, 4.69) is 39.8 Å². The fraction of sp³-hybridized carbons (Fsp3) is 0.533. The van der Waals surface area contributed by atoms with E-state index in [9.17, 15) is 4.79 Å². The van der Waals surface area contributed by atoms with Gasteiger partial charge in [-0.15, -0.1) is 0 Å². The molecule has 1 saturated heterocycles. The van der Waals surface area contributed by atoms with E-state index < -0.39 is 0 Å². The molecule has 3 nitrogen and oxygen atoms in total. The van der Waals surface area contributed by atoms with Crippen LogP contribution in [-0.4, -0.2) is 55.4 Å². The quantitative estimate of drug-likeness (QED) is 0.851. The van der Waals surface area contributed by atoms with Gasteiger partial charge in [0.25, 0.3) is 0 Å². The normalized spacial score (nSPS) is 22.2. The van der Waals surface area contributed by atoms with Crippen LogP contribution < -0.4 is 0 Å². The molecule has 1 aliphatic heterocycles. The van der Waals surface area contributed by atoms with Gasteiger partial charge in [0, 0.05) is 17.4 Å². The average molecular weight is 325 g/mol. The Kier molecular flexibility index (Phi) is 5.13. The number of benzene rings is 1. The van der Waals surface area contributed by atoms with Crippen LogP contribution in [0.4, 0.5) is 0 Å². The minimum atomic E-state index is 0.0242. The van der Waals surface area contributed by atoms with Crippen LogP contribution in [0.15, 0.2) is 28.7 Å². The maximum absolute atomic E-state index is 12.5. The Morgan fingerprint density at radius 1 is 1.26 bits per heavy atom. The van der Waals surface area contributed by atoms with Crippen molar-refractivity contribution >= 4 is 21.7 Å². The summed E-state index contributed by atoms with van der Waals surface area (Å²) in [4.78, 5) is 16.9. The first-order valence-electron chi connectivity index (χ1n) is 6.72. The molecule has 1 aromatic carbocycles. The predicted octanol–water partition coefficient (Wildman–Crippen LogP) is 2.20. The van der Waals surface area contributed by atoms with Crippen molar-refractivity contribution in [3.63, 3.8) is 0 Å². The van der Waals surface area contributed by atoms with Gasteiger partial charge in [0.2, 0.25) is 0 Å². The molecule has 0 spiro atoms. The van der Waals surface area contributed by atoms with E-state index in [4.69, 9.17) is 0 Å². The van der Waals surface area contributed by atoms with Gasteiger partial charge in [0.05, 0.1) is 6.04 Å². The van der Waals surface area contributed by atoms with Crippen LogP contribution in [0, 0.1) is 0 Å². The third-order valence-corrected chi connectivity index (χ3v) is 4.26. The summed E-state index contributed by atoms with van der Waals surface area (Å²) in [7, 11) is 4.16. The van der Waals surface area contributed by atoms with Gasteiger partial charge in [-0.2, -0.15) is 0 Å². The second kappa shape index (κ2) is 6.64. The minimum absolute atomic E-state index is 0.0242. The first kappa shape index (κ1) is 14.7. The molecule has 1 aromatic rings. The van der Waals surface area contributed by atoms with Gasteiger partial charge in [-0.3, -0.25) is 9.69 Å². The summed E-state index contributed by atoms with van der Waals surface area (Å²) in [5.41, 5.74) is 1.09. The summed E-state index contributed by atoms with van der Waals surface area (Å²) in [6.45, 7) is 2.92. The number of rotatable bonds is 3. The first-order valence-corrected chi connectivity index (χ1v) is 7.51. The van der Waals surface area contributed by atoms with Crippen LogP contribution in [0.3, 0.4) is 0 Å². The van der Waals surface area contributed by atoms with Crippen molar-refractivity contribution < 1.29 is 4.79 Å². The Labute approximate surface area is 123 Å². The van der Waals surface area contributed by atoms with Gasteiger partial charge in [-0.1, -0.05) is 28.1 Å². The summed E-state index contributed by atoms with van der Waals surface area (Å²) in [6.07, 6.45) is 1.66. The highest BCUT2D eigenvalue weighted by molar-refractivity contribution is 9.10. The predicted molar refractivity (Wildman–Crippen MR) is 81.4 cm³/mol. The Balaban J connectivity index is 2.03. The number of Topliss-reactive ketones (excluding diaryl/α,β-unsaturated/α-hetero) is 1. The van der Waals surface area contributed by atoms with E-state index in [1.807, 2.05) is 24.3 Å². The van der Waals surface area contributed by atoms with E-state index in [1.54, 1.807) is 0 Å². The highest BCUT2D eigenvalue weighted by Crippen LogP contribution is 2.14. The van der Waals surface area contributed by atoms with Gasteiger partial charge in [0.1, 0.15) is 0 Å². The molecule has 1 atom stereocenters.